The topological polar surface area (TPSA) is 79.1 Å². The fourth-order valence-electron chi connectivity index (χ4n) is 4.53. The Bertz CT molecular complexity index is 1760. The first-order valence-electron chi connectivity index (χ1n) is 12.7. The van der Waals surface area contributed by atoms with Crippen molar-refractivity contribution in [3.63, 3.8) is 0 Å². The van der Waals surface area contributed by atoms with Gasteiger partial charge in [0.2, 0.25) is 0 Å². The lowest BCUT2D eigenvalue weighted by molar-refractivity contribution is -0.139. The predicted molar refractivity (Wildman–Crippen MR) is 151 cm³/mol. The molecule has 9 heteroatoms. The van der Waals surface area contributed by atoms with Crippen LogP contribution >= 0.6 is 11.3 Å². The van der Waals surface area contributed by atoms with Gasteiger partial charge in [-0.15, -0.1) is 0 Å². The zero-order chi connectivity index (χ0) is 28.2. The van der Waals surface area contributed by atoms with E-state index in [-0.39, 0.29) is 24.6 Å². The average molecular weight is 559 g/mol. The lowest BCUT2D eigenvalue weighted by atomic mass is 9.96. The maximum Gasteiger partial charge on any atom is 0.338 e. The highest BCUT2D eigenvalue weighted by atomic mass is 32.1. The monoisotopic (exact) mass is 558 g/mol. The minimum absolute atomic E-state index is 0.215. The van der Waals surface area contributed by atoms with Crippen molar-refractivity contribution >= 4 is 23.4 Å². The summed E-state index contributed by atoms with van der Waals surface area (Å²) < 4.78 is 32.0. The number of methoxy groups -OCH3 is 1. The summed E-state index contributed by atoms with van der Waals surface area (Å²) in [6, 6.07) is 20.2. The molecular formula is C31H27FN2O5S. The number of hydrogen-bond donors (Lipinski definition) is 0. The maximum atomic E-state index is 13.8. The molecule has 0 unspecified atom stereocenters. The molecule has 0 bridgehead atoms. The van der Waals surface area contributed by atoms with E-state index in [0.717, 1.165) is 16.7 Å². The number of carbonyl (C=O) groups is 1. The molecular weight excluding hydrogens is 531 g/mol. The van der Waals surface area contributed by atoms with Crippen LogP contribution in [0.1, 0.15) is 36.6 Å². The Labute approximate surface area is 234 Å². The van der Waals surface area contributed by atoms with Crippen molar-refractivity contribution in [2.75, 3.05) is 13.7 Å². The molecule has 1 aliphatic heterocycles. The number of rotatable bonds is 8. The summed E-state index contributed by atoms with van der Waals surface area (Å²) >= 11 is 1.25. The Morgan fingerprint density at radius 2 is 1.82 bits per heavy atom. The van der Waals surface area contributed by atoms with Gasteiger partial charge in [-0.3, -0.25) is 9.36 Å². The third-order valence-corrected chi connectivity index (χ3v) is 7.41. The van der Waals surface area contributed by atoms with Crippen LogP contribution in [0.15, 0.2) is 93.9 Å². The number of carbonyl (C=O) groups excluding carboxylic acids is 1. The molecule has 204 valence electrons. The lowest BCUT2D eigenvalue weighted by Crippen LogP contribution is -2.39. The second kappa shape index (κ2) is 11.7. The van der Waals surface area contributed by atoms with Gasteiger partial charge in [-0.05, 0) is 60.9 Å². The van der Waals surface area contributed by atoms with E-state index in [4.69, 9.17) is 14.2 Å². The van der Waals surface area contributed by atoms with E-state index in [9.17, 15) is 14.0 Å². The molecule has 40 heavy (non-hydrogen) atoms. The molecule has 4 aromatic rings. The van der Waals surface area contributed by atoms with E-state index in [1.165, 1.54) is 30.6 Å². The minimum atomic E-state index is -0.657. The van der Waals surface area contributed by atoms with Gasteiger partial charge in [-0.1, -0.05) is 59.9 Å². The molecule has 0 spiro atoms. The van der Waals surface area contributed by atoms with E-state index >= 15 is 0 Å². The molecule has 7 nitrogen and oxygen atoms in total. The fraction of sp³-hybridized carbons (Fsp3) is 0.194. The average Bonchev–Trinajstić information content (AvgIpc) is 3.26. The number of hydrogen-bond acceptors (Lipinski definition) is 7. The highest BCUT2D eigenvalue weighted by Crippen LogP contribution is 2.31. The Balaban J connectivity index is 1.52. The molecule has 0 N–H and O–H groups in total. The van der Waals surface area contributed by atoms with Crippen LogP contribution in [0.5, 0.6) is 11.5 Å². The summed E-state index contributed by atoms with van der Waals surface area (Å²) in [4.78, 5) is 31.8. The number of thiazole rings is 1. The van der Waals surface area contributed by atoms with Crippen LogP contribution in [-0.2, 0) is 16.1 Å². The number of aromatic nitrogens is 1. The molecule has 0 saturated carbocycles. The lowest BCUT2D eigenvalue weighted by Gasteiger charge is -2.24. The first kappa shape index (κ1) is 27.1. The van der Waals surface area contributed by atoms with Crippen molar-refractivity contribution < 1.29 is 23.4 Å². The summed E-state index contributed by atoms with van der Waals surface area (Å²) in [6.07, 6.45) is 1.77. The number of ether oxygens (including phenoxy) is 3. The molecule has 2 heterocycles. The van der Waals surface area contributed by atoms with Crippen LogP contribution in [-0.4, -0.2) is 24.3 Å². The van der Waals surface area contributed by atoms with E-state index in [1.54, 1.807) is 48.8 Å². The molecule has 0 fully saturated rings. The standard InChI is InChI=1S/C31H27FN2O5S/c1-4-38-30(36)27-19(2)33-31-34(28(27)22-8-6-5-7-9-22)29(35)26(40-31)17-21-12-15-24(25(16-21)37-3)39-18-20-10-13-23(32)14-11-20/h5-17,28H,4,18H2,1-3H3/b26-17+/t28-/m1/s1. The molecule has 0 radical (unpaired) electrons. The van der Waals surface area contributed by atoms with Gasteiger partial charge >= 0.3 is 5.97 Å². The second-order valence-electron chi connectivity index (χ2n) is 9.04. The van der Waals surface area contributed by atoms with Crippen LogP contribution in [0.3, 0.4) is 0 Å². The van der Waals surface area contributed by atoms with Gasteiger partial charge in [-0.25, -0.2) is 14.2 Å². The minimum Gasteiger partial charge on any atom is -0.493 e. The molecule has 5 rings (SSSR count). The number of nitrogens with zero attached hydrogens (tertiary/aromatic N) is 2. The van der Waals surface area contributed by atoms with E-state index in [0.29, 0.717) is 32.1 Å². The number of benzene rings is 3. The van der Waals surface area contributed by atoms with Crippen LogP contribution in [0, 0.1) is 5.82 Å². The summed E-state index contributed by atoms with van der Waals surface area (Å²) in [5.41, 5.74) is 2.94. The SMILES string of the molecule is CCOC(=O)C1=C(C)N=c2s/c(=C/c3ccc(OCc4ccc(F)cc4)c(OC)c3)c(=O)n2[C@@H]1c1ccccc1. The van der Waals surface area contributed by atoms with Crippen LogP contribution in [0.4, 0.5) is 4.39 Å². The van der Waals surface area contributed by atoms with Gasteiger partial charge in [0, 0.05) is 0 Å². The highest BCUT2D eigenvalue weighted by molar-refractivity contribution is 7.07. The summed E-state index contributed by atoms with van der Waals surface area (Å²) in [6.45, 7) is 3.96. The number of halogens is 1. The normalized spacial score (nSPS) is 14.9. The van der Waals surface area contributed by atoms with Crippen molar-refractivity contribution in [3.8, 4) is 11.5 Å². The third kappa shape index (κ3) is 5.46. The van der Waals surface area contributed by atoms with Gasteiger partial charge in [0.25, 0.3) is 5.56 Å². The summed E-state index contributed by atoms with van der Waals surface area (Å²) in [7, 11) is 1.54. The molecule has 1 aromatic heterocycles. The second-order valence-corrected chi connectivity index (χ2v) is 10.0. The Hall–Kier alpha value is -4.50. The molecule has 1 aliphatic rings. The van der Waals surface area contributed by atoms with Crippen LogP contribution in [0.2, 0.25) is 0 Å². The first-order valence-corrected chi connectivity index (χ1v) is 13.5. The largest absolute Gasteiger partial charge is 0.493 e. The predicted octanol–water partition coefficient (Wildman–Crippen LogP) is 4.53. The first-order chi connectivity index (χ1) is 19.4. The van der Waals surface area contributed by atoms with Crippen molar-refractivity contribution in [1.82, 2.24) is 4.57 Å². The third-order valence-electron chi connectivity index (χ3n) is 6.43. The smallest absolute Gasteiger partial charge is 0.338 e. The zero-order valence-corrected chi connectivity index (χ0v) is 23.0. The van der Waals surface area contributed by atoms with Gasteiger partial charge in [0.15, 0.2) is 16.3 Å². The van der Waals surface area contributed by atoms with E-state index in [2.05, 4.69) is 4.99 Å². The van der Waals surface area contributed by atoms with E-state index < -0.39 is 12.0 Å². The van der Waals surface area contributed by atoms with Gasteiger partial charge < -0.3 is 14.2 Å². The zero-order valence-electron chi connectivity index (χ0n) is 22.2. The molecule has 0 aliphatic carbocycles. The van der Waals surface area contributed by atoms with Gasteiger partial charge in [-0.2, -0.15) is 0 Å². The van der Waals surface area contributed by atoms with Crippen LogP contribution in [0.25, 0.3) is 6.08 Å². The highest BCUT2D eigenvalue weighted by Gasteiger charge is 2.33. The maximum absolute atomic E-state index is 13.8. The number of fused-ring (bicyclic) bond motifs is 1. The summed E-state index contributed by atoms with van der Waals surface area (Å²) in [5, 5.41) is 0. The van der Waals surface area contributed by atoms with Crippen molar-refractivity contribution in [3.05, 3.63) is 126 Å². The van der Waals surface area contributed by atoms with Crippen molar-refractivity contribution in [1.29, 1.82) is 0 Å². The quantitative estimate of drug-likeness (QED) is 0.297. The molecule has 1 atom stereocenters. The Morgan fingerprint density at radius 3 is 2.52 bits per heavy atom. The number of esters is 1. The fourth-order valence-corrected chi connectivity index (χ4v) is 5.58. The van der Waals surface area contributed by atoms with Crippen molar-refractivity contribution in [2.45, 2.75) is 26.5 Å². The van der Waals surface area contributed by atoms with Crippen molar-refractivity contribution in [2.24, 2.45) is 4.99 Å². The number of allylic oxidation sites excluding steroid dienone is 1. The van der Waals surface area contributed by atoms with E-state index in [1.807, 2.05) is 36.4 Å². The molecule has 3 aromatic carbocycles. The Morgan fingerprint density at radius 1 is 1.07 bits per heavy atom. The molecule has 0 amide bonds. The Kier molecular flexibility index (Phi) is 7.93. The van der Waals surface area contributed by atoms with Gasteiger partial charge in [0.1, 0.15) is 12.4 Å². The molecule has 0 saturated heterocycles. The summed E-state index contributed by atoms with van der Waals surface area (Å²) in [5.74, 6) is 0.210. The van der Waals surface area contributed by atoms with Crippen LogP contribution < -0.4 is 24.4 Å². The van der Waals surface area contributed by atoms with Gasteiger partial charge in [0.05, 0.1) is 35.6 Å².